The summed E-state index contributed by atoms with van der Waals surface area (Å²) in [5, 5.41) is 6.60. The number of nitrogens with one attached hydrogen (secondary N) is 2. The fourth-order valence-electron chi connectivity index (χ4n) is 3.19. The Balaban J connectivity index is 0.00000176. The van der Waals surface area contributed by atoms with E-state index in [4.69, 9.17) is 4.74 Å². The summed E-state index contributed by atoms with van der Waals surface area (Å²) < 4.78 is 5.41. The van der Waals surface area contributed by atoms with Gasteiger partial charge in [0.15, 0.2) is 0 Å². The molecule has 6 heteroatoms. The van der Waals surface area contributed by atoms with E-state index in [-0.39, 0.29) is 24.4 Å². The van der Waals surface area contributed by atoms with Gasteiger partial charge in [0.25, 0.3) is 0 Å². The van der Waals surface area contributed by atoms with Crippen molar-refractivity contribution in [3.8, 4) is 5.75 Å². The first-order chi connectivity index (χ1) is 10.3. The summed E-state index contributed by atoms with van der Waals surface area (Å²) in [7, 11) is 1.70. The van der Waals surface area contributed by atoms with Gasteiger partial charge < -0.3 is 15.4 Å². The van der Waals surface area contributed by atoms with Gasteiger partial charge >= 0.3 is 0 Å². The van der Waals surface area contributed by atoms with Gasteiger partial charge in [-0.25, -0.2) is 0 Å². The molecule has 22 heavy (non-hydrogen) atoms. The second-order valence-corrected chi connectivity index (χ2v) is 6.77. The summed E-state index contributed by atoms with van der Waals surface area (Å²) >= 11 is 1.92. The first kappa shape index (κ1) is 17.4. The lowest BCUT2D eigenvalue weighted by Gasteiger charge is -2.23. The number of hydrogen-bond acceptors (Lipinski definition) is 4. The van der Waals surface area contributed by atoms with Crippen LogP contribution in [0, 0.1) is 0 Å². The quantitative estimate of drug-likeness (QED) is 0.881. The van der Waals surface area contributed by atoms with Gasteiger partial charge in [0, 0.05) is 30.5 Å². The van der Waals surface area contributed by atoms with Crippen LogP contribution in [0.2, 0.25) is 0 Å². The monoisotopic (exact) mass is 342 g/mol. The van der Waals surface area contributed by atoms with Crippen molar-refractivity contribution < 1.29 is 9.53 Å². The third-order valence-electron chi connectivity index (χ3n) is 4.21. The van der Waals surface area contributed by atoms with E-state index in [1.807, 2.05) is 23.9 Å². The predicted molar refractivity (Wildman–Crippen MR) is 93.2 cm³/mol. The number of carbonyl (C=O) groups is 1. The minimum atomic E-state index is 0. The maximum Gasteiger partial charge on any atom is 0.222 e. The third kappa shape index (κ3) is 3.89. The highest BCUT2D eigenvalue weighted by Crippen LogP contribution is 2.36. The lowest BCUT2D eigenvalue weighted by Crippen LogP contribution is -2.41. The average molecular weight is 343 g/mol. The molecule has 2 atom stereocenters. The highest BCUT2D eigenvalue weighted by molar-refractivity contribution is 7.99. The lowest BCUT2D eigenvalue weighted by atomic mass is 10.1. The maximum atomic E-state index is 12.2. The van der Waals surface area contributed by atoms with E-state index >= 15 is 0 Å². The normalized spacial score (nSPS) is 23.3. The van der Waals surface area contributed by atoms with E-state index in [1.54, 1.807) is 7.11 Å². The smallest absolute Gasteiger partial charge is 0.222 e. The average Bonchev–Trinajstić information content (AvgIpc) is 2.91. The number of fused-ring (bicyclic) bond motifs is 1. The minimum absolute atomic E-state index is 0. The molecule has 1 saturated heterocycles. The van der Waals surface area contributed by atoms with E-state index in [2.05, 4.69) is 16.7 Å². The molecule has 1 fully saturated rings. The minimum Gasteiger partial charge on any atom is -0.496 e. The molecule has 1 aromatic rings. The number of methoxy groups -OCH3 is 1. The predicted octanol–water partition coefficient (Wildman–Crippen LogP) is 2.32. The molecule has 2 N–H and O–H groups in total. The maximum absolute atomic E-state index is 12.2. The van der Waals surface area contributed by atoms with Crippen LogP contribution in [0.25, 0.3) is 0 Å². The zero-order valence-corrected chi connectivity index (χ0v) is 14.4. The van der Waals surface area contributed by atoms with Crippen molar-refractivity contribution in [3.63, 3.8) is 0 Å². The van der Waals surface area contributed by atoms with Crippen LogP contribution in [0.1, 0.15) is 30.0 Å². The molecule has 1 amide bonds. The third-order valence-corrected chi connectivity index (χ3v) is 5.34. The van der Waals surface area contributed by atoms with E-state index < -0.39 is 0 Å². The highest BCUT2D eigenvalue weighted by Gasteiger charge is 2.27. The summed E-state index contributed by atoms with van der Waals surface area (Å²) in [4.78, 5) is 12.2. The Morgan fingerprint density at radius 1 is 1.50 bits per heavy atom. The summed E-state index contributed by atoms with van der Waals surface area (Å²) in [5.41, 5.74) is 2.46. The number of rotatable bonds is 4. The first-order valence-electron chi connectivity index (χ1n) is 7.54. The van der Waals surface area contributed by atoms with Gasteiger partial charge in [-0.05, 0) is 30.0 Å². The Hall–Kier alpha value is -0.910. The standard InChI is InChI=1S/C16H22N2O2S.ClH/c1-20-15-4-2-3-12-13(15)5-6-14(12)18-16(19)9-11-10-21-8-7-17-11;/h2-4,11,14,17H,5-10H2,1H3,(H,18,19);1H. The van der Waals surface area contributed by atoms with Crippen LogP contribution >= 0.6 is 24.2 Å². The molecule has 0 bridgehead atoms. The van der Waals surface area contributed by atoms with Crippen molar-refractivity contribution in [2.75, 3.05) is 25.2 Å². The Bertz CT molecular complexity index is 521. The van der Waals surface area contributed by atoms with Crippen LogP contribution < -0.4 is 15.4 Å². The number of carbonyl (C=O) groups excluding carboxylic acids is 1. The Labute approximate surface area is 142 Å². The van der Waals surface area contributed by atoms with Crippen molar-refractivity contribution in [1.82, 2.24) is 10.6 Å². The van der Waals surface area contributed by atoms with E-state index in [1.165, 1.54) is 11.1 Å². The fraction of sp³-hybridized carbons (Fsp3) is 0.562. The van der Waals surface area contributed by atoms with E-state index in [0.29, 0.717) is 12.5 Å². The highest BCUT2D eigenvalue weighted by atomic mass is 35.5. The van der Waals surface area contributed by atoms with Crippen LogP contribution in [0.5, 0.6) is 5.75 Å². The van der Waals surface area contributed by atoms with Gasteiger partial charge in [-0.1, -0.05) is 12.1 Å². The van der Waals surface area contributed by atoms with Crippen molar-refractivity contribution >= 4 is 30.1 Å². The molecule has 1 aromatic carbocycles. The molecule has 0 radical (unpaired) electrons. The zero-order valence-electron chi connectivity index (χ0n) is 12.8. The van der Waals surface area contributed by atoms with E-state index in [0.717, 1.165) is 36.6 Å². The molecular weight excluding hydrogens is 320 g/mol. The molecule has 4 nitrogen and oxygen atoms in total. The summed E-state index contributed by atoms with van der Waals surface area (Å²) in [6, 6.07) is 6.55. The number of hydrogen-bond donors (Lipinski definition) is 2. The zero-order chi connectivity index (χ0) is 14.7. The SMILES string of the molecule is COc1cccc2c1CCC2NC(=O)CC1CSCCN1.Cl. The number of halogens is 1. The van der Waals surface area contributed by atoms with Crippen molar-refractivity contribution in [3.05, 3.63) is 29.3 Å². The van der Waals surface area contributed by atoms with Crippen LogP contribution in [0.4, 0.5) is 0 Å². The molecule has 122 valence electrons. The van der Waals surface area contributed by atoms with Gasteiger partial charge in [0.2, 0.25) is 5.91 Å². The molecule has 0 saturated carbocycles. The molecule has 1 aliphatic heterocycles. The van der Waals surface area contributed by atoms with Crippen LogP contribution in [0.3, 0.4) is 0 Å². The summed E-state index contributed by atoms with van der Waals surface area (Å²) in [6.07, 6.45) is 2.51. The summed E-state index contributed by atoms with van der Waals surface area (Å²) in [6.45, 7) is 1.01. The molecule has 2 unspecified atom stereocenters. The molecular formula is C16H23ClN2O2S. The Kier molecular flexibility index (Phi) is 6.41. The molecule has 2 aliphatic rings. The second kappa shape index (κ2) is 8.09. The Morgan fingerprint density at radius 3 is 3.09 bits per heavy atom. The Morgan fingerprint density at radius 2 is 2.36 bits per heavy atom. The fourth-order valence-corrected chi connectivity index (χ4v) is 4.14. The van der Waals surface area contributed by atoms with Gasteiger partial charge in [0.1, 0.15) is 5.75 Å². The van der Waals surface area contributed by atoms with Crippen LogP contribution in [-0.4, -0.2) is 37.1 Å². The van der Waals surface area contributed by atoms with Gasteiger partial charge in [-0.15, -0.1) is 12.4 Å². The van der Waals surface area contributed by atoms with Gasteiger partial charge in [0.05, 0.1) is 13.2 Å². The first-order valence-corrected chi connectivity index (χ1v) is 8.69. The number of ether oxygens (including phenoxy) is 1. The van der Waals surface area contributed by atoms with Gasteiger partial charge in [-0.3, -0.25) is 4.79 Å². The number of amides is 1. The van der Waals surface area contributed by atoms with E-state index in [9.17, 15) is 4.79 Å². The van der Waals surface area contributed by atoms with Crippen molar-refractivity contribution in [1.29, 1.82) is 0 Å². The second-order valence-electron chi connectivity index (χ2n) is 5.62. The molecule has 1 heterocycles. The van der Waals surface area contributed by atoms with Crippen LogP contribution in [0.15, 0.2) is 18.2 Å². The molecule has 3 rings (SSSR count). The van der Waals surface area contributed by atoms with Gasteiger partial charge in [-0.2, -0.15) is 11.8 Å². The van der Waals surface area contributed by atoms with Crippen LogP contribution in [-0.2, 0) is 11.2 Å². The molecule has 0 spiro atoms. The topological polar surface area (TPSA) is 50.4 Å². The largest absolute Gasteiger partial charge is 0.496 e. The number of thioether (sulfide) groups is 1. The molecule has 0 aromatic heterocycles. The lowest BCUT2D eigenvalue weighted by molar-refractivity contribution is -0.122. The summed E-state index contributed by atoms with van der Waals surface area (Å²) in [5.74, 6) is 3.27. The molecule has 1 aliphatic carbocycles. The van der Waals surface area contributed by atoms with Crippen molar-refractivity contribution in [2.45, 2.75) is 31.3 Å². The number of benzene rings is 1. The van der Waals surface area contributed by atoms with Crippen molar-refractivity contribution in [2.24, 2.45) is 0 Å².